The third-order valence-corrected chi connectivity index (χ3v) is 2.48. The van der Waals surface area contributed by atoms with Crippen LogP contribution in [0.5, 0.6) is 5.75 Å². The van der Waals surface area contributed by atoms with Crippen molar-refractivity contribution in [3.05, 3.63) is 41.6 Å². The van der Waals surface area contributed by atoms with E-state index in [-0.39, 0.29) is 5.69 Å². The van der Waals surface area contributed by atoms with Crippen molar-refractivity contribution in [2.75, 3.05) is 12.4 Å². The van der Waals surface area contributed by atoms with Gasteiger partial charge in [-0.2, -0.15) is 5.26 Å². The third kappa shape index (κ3) is 2.81. The van der Waals surface area contributed by atoms with Gasteiger partial charge in [0.1, 0.15) is 5.75 Å². The van der Waals surface area contributed by atoms with Crippen molar-refractivity contribution < 1.29 is 14.6 Å². The molecular formula is C13H10N4O3. The molecule has 100 valence electrons. The highest BCUT2D eigenvalue weighted by atomic mass is 16.5. The van der Waals surface area contributed by atoms with Crippen LogP contribution in [-0.4, -0.2) is 28.4 Å². The van der Waals surface area contributed by atoms with Gasteiger partial charge in [-0.25, -0.2) is 4.79 Å². The molecule has 20 heavy (non-hydrogen) atoms. The molecule has 0 fully saturated rings. The molecular weight excluding hydrogens is 260 g/mol. The van der Waals surface area contributed by atoms with Gasteiger partial charge in [0.2, 0.25) is 0 Å². The van der Waals surface area contributed by atoms with Gasteiger partial charge in [0.15, 0.2) is 11.5 Å². The van der Waals surface area contributed by atoms with Gasteiger partial charge in [-0.1, -0.05) is 0 Å². The fourth-order valence-electron chi connectivity index (χ4n) is 1.52. The summed E-state index contributed by atoms with van der Waals surface area (Å²) >= 11 is 0. The number of hydrogen-bond donors (Lipinski definition) is 2. The highest BCUT2D eigenvalue weighted by Crippen LogP contribution is 2.27. The van der Waals surface area contributed by atoms with E-state index in [4.69, 9.17) is 15.1 Å². The van der Waals surface area contributed by atoms with Crippen molar-refractivity contribution in [2.24, 2.45) is 0 Å². The second kappa shape index (κ2) is 5.67. The second-order valence-corrected chi connectivity index (χ2v) is 3.76. The molecule has 2 aromatic rings. The Morgan fingerprint density at radius 2 is 2.15 bits per heavy atom. The average Bonchev–Trinajstić information content (AvgIpc) is 2.48. The Hall–Kier alpha value is -3.14. The predicted molar refractivity (Wildman–Crippen MR) is 70.0 cm³/mol. The first kappa shape index (κ1) is 13.3. The van der Waals surface area contributed by atoms with Crippen molar-refractivity contribution in [3.63, 3.8) is 0 Å². The Morgan fingerprint density at radius 3 is 2.70 bits per heavy atom. The van der Waals surface area contributed by atoms with Gasteiger partial charge in [0, 0.05) is 6.07 Å². The Balaban J connectivity index is 2.25. The van der Waals surface area contributed by atoms with E-state index in [2.05, 4.69) is 15.5 Å². The maximum atomic E-state index is 10.7. The summed E-state index contributed by atoms with van der Waals surface area (Å²) < 4.78 is 5.17. The van der Waals surface area contributed by atoms with Crippen LogP contribution in [0.2, 0.25) is 0 Å². The summed E-state index contributed by atoms with van der Waals surface area (Å²) in [6.45, 7) is 0. The number of hydrogen-bond acceptors (Lipinski definition) is 6. The van der Waals surface area contributed by atoms with Crippen LogP contribution < -0.4 is 10.1 Å². The quantitative estimate of drug-likeness (QED) is 0.871. The summed E-state index contributed by atoms with van der Waals surface area (Å²) in [5, 5.41) is 27.8. The van der Waals surface area contributed by atoms with E-state index in [9.17, 15) is 4.79 Å². The van der Waals surface area contributed by atoms with Gasteiger partial charge in [0.25, 0.3) is 0 Å². The van der Waals surface area contributed by atoms with E-state index in [1.165, 1.54) is 19.2 Å². The molecule has 0 saturated carbocycles. The Kier molecular flexibility index (Phi) is 3.77. The molecule has 1 aromatic carbocycles. The minimum Gasteiger partial charge on any atom is -0.495 e. The molecule has 2 N–H and O–H groups in total. The van der Waals surface area contributed by atoms with Gasteiger partial charge in [-0.05, 0) is 24.3 Å². The lowest BCUT2D eigenvalue weighted by molar-refractivity contribution is 0.0689. The van der Waals surface area contributed by atoms with Crippen molar-refractivity contribution in [1.29, 1.82) is 5.26 Å². The molecule has 0 aliphatic rings. The number of carbonyl (C=O) groups is 1. The topological polar surface area (TPSA) is 108 Å². The molecule has 0 radical (unpaired) electrons. The fraction of sp³-hybridized carbons (Fsp3) is 0.0769. The first-order valence-corrected chi connectivity index (χ1v) is 5.56. The fourth-order valence-corrected chi connectivity index (χ4v) is 1.52. The van der Waals surface area contributed by atoms with Crippen molar-refractivity contribution >= 4 is 17.5 Å². The van der Waals surface area contributed by atoms with E-state index in [0.29, 0.717) is 22.8 Å². The monoisotopic (exact) mass is 270 g/mol. The number of carboxylic acid groups (broad SMARTS) is 1. The summed E-state index contributed by atoms with van der Waals surface area (Å²) in [5.74, 6) is -0.286. The Bertz CT molecular complexity index is 677. The lowest BCUT2D eigenvalue weighted by Crippen LogP contribution is -2.04. The number of aromatic nitrogens is 2. The van der Waals surface area contributed by atoms with E-state index in [1.807, 2.05) is 6.07 Å². The molecule has 0 saturated heterocycles. The molecule has 2 rings (SSSR count). The summed E-state index contributed by atoms with van der Waals surface area (Å²) in [4.78, 5) is 10.7. The summed E-state index contributed by atoms with van der Waals surface area (Å²) in [5.41, 5.74) is 0.936. The van der Waals surface area contributed by atoms with E-state index in [0.717, 1.165) is 0 Å². The zero-order valence-electron chi connectivity index (χ0n) is 10.5. The number of aromatic carboxylic acids is 1. The Labute approximate surface area is 114 Å². The molecule has 7 nitrogen and oxygen atoms in total. The van der Waals surface area contributed by atoms with Crippen LogP contribution in [0.25, 0.3) is 0 Å². The van der Waals surface area contributed by atoms with Crippen LogP contribution in [0.1, 0.15) is 16.1 Å². The molecule has 0 spiro atoms. The first-order valence-electron chi connectivity index (χ1n) is 5.56. The molecule has 0 bridgehead atoms. The van der Waals surface area contributed by atoms with Crippen LogP contribution in [-0.2, 0) is 0 Å². The van der Waals surface area contributed by atoms with Crippen molar-refractivity contribution in [2.45, 2.75) is 0 Å². The van der Waals surface area contributed by atoms with Gasteiger partial charge in [-0.3, -0.25) is 0 Å². The number of ether oxygens (including phenoxy) is 1. The number of carboxylic acids is 1. The highest BCUT2D eigenvalue weighted by molar-refractivity contribution is 5.85. The van der Waals surface area contributed by atoms with Gasteiger partial charge in [-0.15, -0.1) is 10.2 Å². The largest absolute Gasteiger partial charge is 0.495 e. The SMILES string of the molecule is COc1cc(C#N)ccc1Nc1ccc(C(=O)O)nn1. The van der Waals surface area contributed by atoms with E-state index >= 15 is 0 Å². The summed E-state index contributed by atoms with van der Waals surface area (Å²) in [7, 11) is 1.49. The van der Waals surface area contributed by atoms with Crippen molar-refractivity contribution in [1.82, 2.24) is 10.2 Å². The van der Waals surface area contributed by atoms with Gasteiger partial charge < -0.3 is 15.2 Å². The Morgan fingerprint density at radius 1 is 1.35 bits per heavy atom. The van der Waals surface area contributed by atoms with E-state index in [1.54, 1.807) is 18.2 Å². The molecule has 0 aliphatic carbocycles. The minimum absolute atomic E-state index is 0.137. The number of anilines is 2. The van der Waals surface area contributed by atoms with Crippen LogP contribution in [0.15, 0.2) is 30.3 Å². The smallest absolute Gasteiger partial charge is 0.356 e. The molecule has 0 aliphatic heterocycles. The third-order valence-electron chi connectivity index (χ3n) is 2.48. The minimum atomic E-state index is -1.14. The molecule has 7 heteroatoms. The number of benzene rings is 1. The lowest BCUT2D eigenvalue weighted by Gasteiger charge is -2.10. The molecule has 1 aromatic heterocycles. The maximum absolute atomic E-state index is 10.7. The molecule has 1 heterocycles. The van der Waals surface area contributed by atoms with Crippen molar-refractivity contribution in [3.8, 4) is 11.8 Å². The molecule has 0 amide bonds. The van der Waals surface area contributed by atoms with Gasteiger partial charge >= 0.3 is 5.97 Å². The van der Waals surface area contributed by atoms with Gasteiger partial charge in [0.05, 0.1) is 24.4 Å². The average molecular weight is 270 g/mol. The lowest BCUT2D eigenvalue weighted by atomic mass is 10.2. The van der Waals surface area contributed by atoms with Crippen LogP contribution in [0.3, 0.4) is 0 Å². The number of nitriles is 1. The molecule has 0 atom stereocenters. The number of rotatable bonds is 4. The summed E-state index contributed by atoms with van der Waals surface area (Å²) in [6.07, 6.45) is 0. The summed E-state index contributed by atoms with van der Waals surface area (Å²) in [6, 6.07) is 9.73. The number of nitrogens with zero attached hydrogens (tertiary/aromatic N) is 3. The van der Waals surface area contributed by atoms with Crippen LogP contribution >= 0.6 is 0 Å². The maximum Gasteiger partial charge on any atom is 0.356 e. The number of nitrogens with one attached hydrogen (secondary N) is 1. The van der Waals surface area contributed by atoms with Crippen LogP contribution in [0.4, 0.5) is 11.5 Å². The molecule has 0 unspecified atom stereocenters. The number of methoxy groups -OCH3 is 1. The van der Waals surface area contributed by atoms with Crippen LogP contribution in [0, 0.1) is 11.3 Å². The first-order chi connectivity index (χ1) is 9.63. The normalized spacial score (nSPS) is 9.60. The zero-order valence-corrected chi connectivity index (χ0v) is 10.5. The standard InChI is InChI=1S/C13H10N4O3/c1-20-11-6-8(7-14)2-3-9(11)15-12-5-4-10(13(18)19)16-17-12/h2-6H,1H3,(H,15,17)(H,18,19). The highest BCUT2D eigenvalue weighted by Gasteiger charge is 2.08. The van der Waals surface area contributed by atoms with E-state index < -0.39 is 5.97 Å². The second-order valence-electron chi connectivity index (χ2n) is 3.76. The zero-order chi connectivity index (χ0) is 14.5. The predicted octanol–water partition coefficient (Wildman–Crippen LogP) is 1.80.